The number of rotatable bonds is 2. The number of aromatic nitrogens is 1. The first-order chi connectivity index (χ1) is 11.2. The van der Waals surface area contributed by atoms with Crippen molar-refractivity contribution in [2.75, 3.05) is 24.6 Å². The summed E-state index contributed by atoms with van der Waals surface area (Å²) in [5.41, 5.74) is 0.871. The van der Waals surface area contributed by atoms with Gasteiger partial charge in [-0.25, -0.2) is 8.42 Å². The number of aryl methyl sites for hydroxylation is 2. The molecule has 8 nitrogen and oxygen atoms in total. The van der Waals surface area contributed by atoms with Crippen molar-refractivity contribution in [2.24, 2.45) is 0 Å². The van der Waals surface area contributed by atoms with Crippen LogP contribution in [0, 0.1) is 13.8 Å². The average molecular weight is 355 g/mol. The molecule has 2 amide bonds. The van der Waals surface area contributed by atoms with Crippen LogP contribution in [0.25, 0.3) is 0 Å². The van der Waals surface area contributed by atoms with Gasteiger partial charge in [0.25, 0.3) is 5.91 Å². The molecule has 0 bridgehead atoms. The lowest BCUT2D eigenvalue weighted by atomic mass is 10.0. The number of carbonyl (C=O) groups excluding carboxylic acids is 2. The molecule has 132 valence electrons. The van der Waals surface area contributed by atoms with Crippen molar-refractivity contribution in [1.29, 1.82) is 0 Å². The molecule has 2 aliphatic heterocycles. The minimum Gasteiger partial charge on any atom is -0.361 e. The fraction of sp³-hybridized carbons (Fsp3) is 0.667. The maximum Gasteiger partial charge on any atom is 0.259 e. The number of hydrogen-bond acceptors (Lipinski definition) is 6. The molecule has 9 heteroatoms. The fourth-order valence-electron chi connectivity index (χ4n) is 3.65. The monoisotopic (exact) mass is 355 g/mol. The van der Waals surface area contributed by atoms with Crippen molar-refractivity contribution >= 4 is 21.7 Å². The van der Waals surface area contributed by atoms with Gasteiger partial charge >= 0.3 is 0 Å². The number of hydrogen-bond donors (Lipinski definition) is 0. The van der Waals surface area contributed by atoms with E-state index in [1.807, 2.05) is 0 Å². The van der Waals surface area contributed by atoms with Gasteiger partial charge in [-0.15, -0.1) is 0 Å². The van der Waals surface area contributed by atoms with Crippen LogP contribution >= 0.6 is 0 Å². The van der Waals surface area contributed by atoms with Crippen LogP contribution in [0.3, 0.4) is 0 Å². The Morgan fingerprint density at radius 2 is 1.75 bits per heavy atom. The molecule has 0 radical (unpaired) electrons. The van der Waals surface area contributed by atoms with E-state index in [-0.39, 0.29) is 23.3 Å². The molecule has 2 saturated heterocycles. The highest BCUT2D eigenvalue weighted by Crippen LogP contribution is 2.29. The second-order valence-corrected chi connectivity index (χ2v) is 8.50. The topological polar surface area (TPSA) is 101 Å². The Bertz CT molecular complexity index is 766. The summed E-state index contributed by atoms with van der Waals surface area (Å²) in [7, 11) is -3.29. The van der Waals surface area contributed by atoms with Crippen molar-refractivity contribution in [3.05, 3.63) is 17.0 Å². The quantitative estimate of drug-likeness (QED) is 0.749. The van der Waals surface area contributed by atoms with E-state index in [9.17, 15) is 18.0 Å². The third-order valence-corrected chi connectivity index (χ3v) is 6.51. The highest BCUT2D eigenvalue weighted by atomic mass is 32.2. The molecule has 0 unspecified atom stereocenters. The maximum absolute atomic E-state index is 12.9. The Kier molecular flexibility index (Phi) is 4.15. The molecule has 0 saturated carbocycles. The van der Waals surface area contributed by atoms with Crippen LogP contribution in [-0.4, -0.2) is 71.9 Å². The van der Waals surface area contributed by atoms with Gasteiger partial charge in [-0.3, -0.25) is 9.59 Å². The molecule has 1 aromatic rings. The first kappa shape index (κ1) is 16.9. The lowest BCUT2D eigenvalue weighted by Crippen LogP contribution is -2.62. The lowest BCUT2D eigenvalue weighted by molar-refractivity contribution is -0.135. The van der Waals surface area contributed by atoms with E-state index < -0.39 is 21.9 Å². The number of carbonyl (C=O) groups is 2. The zero-order valence-electron chi connectivity index (χ0n) is 14.0. The van der Waals surface area contributed by atoms with E-state index in [2.05, 4.69) is 5.16 Å². The molecule has 0 N–H and O–H groups in total. The van der Waals surface area contributed by atoms with Crippen molar-refractivity contribution in [1.82, 2.24) is 15.0 Å². The summed E-state index contributed by atoms with van der Waals surface area (Å²) in [5.74, 6) is -0.134. The number of amides is 2. The van der Waals surface area contributed by atoms with Crippen LogP contribution in [0.1, 0.15) is 35.2 Å². The Morgan fingerprint density at radius 1 is 1.17 bits per heavy atom. The minimum atomic E-state index is -3.29. The minimum absolute atomic E-state index is 0.0773. The number of nitrogens with zero attached hydrogens (tertiary/aromatic N) is 3. The van der Waals surface area contributed by atoms with Crippen molar-refractivity contribution in [2.45, 2.75) is 39.3 Å². The van der Waals surface area contributed by atoms with Crippen molar-refractivity contribution < 1.29 is 22.5 Å². The number of sulfone groups is 1. The molecule has 2 fully saturated rings. The van der Waals surface area contributed by atoms with E-state index in [4.69, 9.17) is 4.52 Å². The molecule has 24 heavy (non-hydrogen) atoms. The summed E-state index contributed by atoms with van der Waals surface area (Å²) in [6, 6.07) is -0.985. The summed E-state index contributed by atoms with van der Waals surface area (Å²) in [4.78, 5) is 28.3. The van der Waals surface area contributed by atoms with Crippen LogP contribution in [0.4, 0.5) is 0 Å². The van der Waals surface area contributed by atoms with Crippen molar-refractivity contribution in [3.8, 4) is 0 Å². The van der Waals surface area contributed by atoms with Gasteiger partial charge in [0, 0.05) is 19.5 Å². The molecular formula is C15H21N3O5S. The van der Waals surface area contributed by atoms with E-state index in [1.54, 1.807) is 30.6 Å². The zero-order chi connectivity index (χ0) is 17.6. The first-order valence-electron chi connectivity index (χ1n) is 7.99. The number of piperazine rings is 1. The SMILES string of the molecule is CCC(=O)N1CCN(C(=O)c2c(C)noc2C)[C@@H]2CS(=O)(=O)C[C@@H]21. The second-order valence-electron chi connectivity index (χ2n) is 6.35. The number of fused-ring (bicyclic) bond motifs is 1. The molecule has 0 spiro atoms. The van der Waals surface area contributed by atoms with Gasteiger partial charge in [0.05, 0.1) is 29.3 Å². The highest BCUT2D eigenvalue weighted by Gasteiger charge is 2.49. The van der Waals surface area contributed by atoms with Gasteiger partial charge in [0.1, 0.15) is 11.3 Å². The average Bonchev–Trinajstić information content (AvgIpc) is 3.02. The standard InChI is InChI=1S/C15H21N3O5S/c1-4-13(19)17-5-6-18(12-8-24(21,22)7-11(12)17)15(20)14-9(2)16-23-10(14)3/h11-12H,4-8H2,1-3H3/t11-,12+/m0/s1. The Labute approximate surface area is 140 Å². The molecule has 1 aromatic heterocycles. The zero-order valence-corrected chi connectivity index (χ0v) is 14.8. The van der Waals surface area contributed by atoms with E-state index >= 15 is 0 Å². The molecule has 3 rings (SSSR count). The molecule has 2 atom stereocenters. The normalized spacial score (nSPS) is 25.6. The summed E-state index contributed by atoms with van der Waals surface area (Å²) in [6.45, 7) is 5.75. The summed E-state index contributed by atoms with van der Waals surface area (Å²) < 4.78 is 29.3. The second kappa shape index (κ2) is 5.87. The Balaban J connectivity index is 1.94. The molecule has 3 heterocycles. The smallest absolute Gasteiger partial charge is 0.259 e. The van der Waals surface area contributed by atoms with Crippen molar-refractivity contribution in [3.63, 3.8) is 0 Å². The lowest BCUT2D eigenvalue weighted by Gasteiger charge is -2.43. The van der Waals surface area contributed by atoms with Crippen LogP contribution in [0.5, 0.6) is 0 Å². The molecule has 0 aromatic carbocycles. The third-order valence-electron chi connectivity index (χ3n) is 4.81. The first-order valence-corrected chi connectivity index (χ1v) is 9.81. The highest BCUT2D eigenvalue weighted by molar-refractivity contribution is 7.91. The maximum atomic E-state index is 12.9. The van der Waals surface area contributed by atoms with Crippen LogP contribution in [-0.2, 0) is 14.6 Å². The van der Waals surface area contributed by atoms with Gasteiger partial charge in [-0.2, -0.15) is 0 Å². The predicted molar refractivity (Wildman–Crippen MR) is 85.2 cm³/mol. The Morgan fingerprint density at radius 3 is 2.29 bits per heavy atom. The largest absolute Gasteiger partial charge is 0.361 e. The van der Waals surface area contributed by atoms with Crippen LogP contribution < -0.4 is 0 Å². The fourth-order valence-corrected chi connectivity index (χ4v) is 5.63. The molecule has 2 aliphatic rings. The van der Waals surface area contributed by atoms with Gasteiger partial charge in [-0.1, -0.05) is 12.1 Å². The van der Waals surface area contributed by atoms with Gasteiger partial charge in [0.15, 0.2) is 9.84 Å². The summed E-state index contributed by atoms with van der Waals surface area (Å²) in [5, 5.41) is 3.80. The van der Waals surface area contributed by atoms with Gasteiger partial charge < -0.3 is 14.3 Å². The van der Waals surface area contributed by atoms with E-state index in [0.29, 0.717) is 36.5 Å². The molecule has 0 aliphatic carbocycles. The van der Waals surface area contributed by atoms with E-state index in [1.165, 1.54) is 0 Å². The third kappa shape index (κ3) is 2.70. The predicted octanol–water partition coefficient (Wildman–Crippen LogP) is 0.151. The van der Waals surface area contributed by atoms with E-state index in [0.717, 1.165) is 0 Å². The van der Waals surface area contributed by atoms with Gasteiger partial charge in [-0.05, 0) is 13.8 Å². The van der Waals surface area contributed by atoms with Gasteiger partial charge in [0.2, 0.25) is 5.91 Å². The van der Waals surface area contributed by atoms with Crippen LogP contribution in [0.15, 0.2) is 4.52 Å². The molecular weight excluding hydrogens is 334 g/mol. The summed E-state index contributed by atoms with van der Waals surface area (Å²) >= 11 is 0. The summed E-state index contributed by atoms with van der Waals surface area (Å²) in [6.07, 6.45) is 0.321. The van der Waals surface area contributed by atoms with Crippen LogP contribution in [0.2, 0.25) is 0 Å². The Hall–Kier alpha value is -1.90.